The van der Waals surface area contributed by atoms with Crippen LogP contribution >= 0.6 is 39.7 Å². The SMILES string of the molecule is Cc1ccc(OCC(=O)NNC(=S)NC(=O)c2cccc(Cl)c2)c(Br)c1. The number of benzene rings is 2. The van der Waals surface area contributed by atoms with Gasteiger partial charge in [0, 0.05) is 10.6 Å². The lowest BCUT2D eigenvalue weighted by molar-refractivity contribution is -0.123. The van der Waals surface area contributed by atoms with Crippen molar-refractivity contribution in [2.24, 2.45) is 0 Å². The lowest BCUT2D eigenvalue weighted by atomic mass is 10.2. The van der Waals surface area contributed by atoms with Gasteiger partial charge in [-0.05, 0) is 71.0 Å². The van der Waals surface area contributed by atoms with Crippen LogP contribution < -0.4 is 20.9 Å². The summed E-state index contributed by atoms with van der Waals surface area (Å²) in [5.74, 6) is -0.362. The third-order valence-corrected chi connectivity index (χ3v) is 4.13. The molecule has 0 atom stereocenters. The van der Waals surface area contributed by atoms with Crippen LogP contribution in [-0.4, -0.2) is 23.5 Å². The largest absolute Gasteiger partial charge is 0.483 e. The molecule has 2 amide bonds. The molecular weight excluding hydrogens is 442 g/mol. The number of hydrogen-bond acceptors (Lipinski definition) is 4. The topological polar surface area (TPSA) is 79.5 Å². The molecule has 0 aromatic heterocycles. The minimum absolute atomic E-state index is 0.0557. The fourth-order valence-corrected chi connectivity index (χ4v) is 2.81. The van der Waals surface area contributed by atoms with Crippen LogP contribution in [0, 0.1) is 6.92 Å². The summed E-state index contributed by atoms with van der Waals surface area (Å²) in [5.41, 5.74) is 6.19. The average molecular weight is 457 g/mol. The van der Waals surface area contributed by atoms with Crippen LogP contribution in [0.15, 0.2) is 46.9 Å². The highest BCUT2D eigenvalue weighted by molar-refractivity contribution is 9.10. The van der Waals surface area contributed by atoms with Gasteiger partial charge in [-0.15, -0.1) is 0 Å². The van der Waals surface area contributed by atoms with Crippen LogP contribution in [0.3, 0.4) is 0 Å². The molecule has 0 fully saturated rings. The molecule has 6 nitrogen and oxygen atoms in total. The zero-order chi connectivity index (χ0) is 19.1. The molecule has 3 N–H and O–H groups in total. The average Bonchev–Trinajstić information content (AvgIpc) is 2.59. The predicted octanol–water partition coefficient (Wildman–Crippen LogP) is 3.13. The van der Waals surface area contributed by atoms with Gasteiger partial charge in [0.2, 0.25) is 0 Å². The van der Waals surface area contributed by atoms with E-state index >= 15 is 0 Å². The van der Waals surface area contributed by atoms with Crippen LogP contribution in [0.4, 0.5) is 0 Å². The van der Waals surface area contributed by atoms with Gasteiger partial charge in [0.25, 0.3) is 11.8 Å². The first kappa shape index (κ1) is 20.2. The van der Waals surface area contributed by atoms with Crippen LogP contribution in [0.2, 0.25) is 5.02 Å². The van der Waals surface area contributed by atoms with Crippen molar-refractivity contribution in [1.82, 2.24) is 16.2 Å². The number of amides is 2. The van der Waals surface area contributed by atoms with Crippen molar-refractivity contribution in [3.05, 3.63) is 63.1 Å². The molecule has 26 heavy (non-hydrogen) atoms. The summed E-state index contributed by atoms with van der Waals surface area (Å²) < 4.78 is 6.16. The summed E-state index contributed by atoms with van der Waals surface area (Å²) in [5, 5.41) is 2.81. The monoisotopic (exact) mass is 455 g/mol. The van der Waals surface area contributed by atoms with E-state index in [-0.39, 0.29) is 11.7 Å². The van der Waals surface area contributed by atoms with E-state index in [9.17, 15) is 9.59 Å². The van der Waals surface area contributed by atoms with E-state index in [1.54, 1.807) is 24.3 Å². The van der Waals surface area contributed by atoms with Gasteiger partial charge in [-0.2, -0.15) is 0 Å². The van der Waals surface area contributed by atoms with Crippen LogP contribution in [0.1, 0.15) is 15.9 Å². The molecular formula is C17H15BrClN3O3S. The first-order valence-electron chi connectivity index (χ1n) is 7.40. The van der Waals surface area contributed by atoms with Crippen molar-refractivity contribution in [3.8, 4) is 5.75 Å². The van der Waals surface area contributed by atoms with E-state index < -0.39 is 11.8 Å². The highest BCUT2D eigenvalue weighted by Gasteiger charge is 2.10. The van der Waals surface area contributed by atoms with Crippen LogP contribution in [-0.2, 0) is 4.79 Å². The Kier molecular flexibility index (Phi) is 7.38. The molecule has 0 saturated heterocycles. The molecule has 2 aromatic rings. The van der Waals surface area contributed by atoms with E-state index in [2.05, 4.69) is 32.1 Å². The Labute approximate surface area is 169 Å². The maximum absolute atomic E-state index is 12.0. The second kappa shape index (κ2) is 9.51. The third-order valence-electron chi connectivity index (χ3n) is 3.08. The lowest BCUT2D eigenvalue weighted by Crippen LogP contribution is -2.49. The maximum Gasteiger partial charge on any atom is 0.276 e. The standard InChI is InChI=1S/C17H15BrClN3O3S/c1-10-5-6-14(13(18)7-10)25-9-15(23)21-22-17(26)20-16(24)11-3-2-4-12(19)8-11/h2-8H,9H2,1H3,(H,21,23)(H2,20,22,24,26). The smallest absolute Gasteiger partial charge is 0.276 e. The molecule has 2 rings (SSSR count). The Morgan fingerprint density at radius 3 is 2.65 bits per heavy atom. The van der Waals surface area contributed by atoms with Crippen LogP contribution in [0.25, 0.3) is 0 Å². The molecule has 0 radical (unpaired) electrons. The Balaban J connectivity index is 1.76. The van der Waals surface area contributed by atoms with Crippen molar-refractivity contribution in [1.29, 1.82) is 0 Å². The molecule has 0 unspecified atom stereocenters. The minimum atomic E-state index is -0.461. The summed E-state index contributed by atoms with van der Waals surface area (Å²) in [7, 11) is 0. The Bertz CT molecular complexity index is 848. The molecule has 136 valence electrons. The molecule has 0 aliphatic rings. The number of carbonyl (C=O) groups excluding carboxylic acids is 2. The number of rotatable bonds is 4. The number of ether oxygens (including phenoxy) is 1. The van der Waals surface area contributed by atoms with E-state index in [4.69, 9.17) is 28.6 Å². The second-order valence-electron chi connectivity index (χ2n) is 5.19. The normalized spacial score (nSPS) is 9.96. The number of aryl methyl sites for hydroxylation is 1. The highest BCUT2D eigenvalue weighted by atomic mass is 79.9. The first-order valence-corrected chi connectivity index (χ1v) is 8.98. The highest BCUT2D eigenvalue weighted by Crippen LogP contribution is 2.25. The van der Waals surface area contributed by atoms with Crippen molar-refractivity contribution in [2.75, 3.05) is 6.61 Å². The summed E-state index contributed by atoms with van der Waals surface area (Å²) in [6, 6.07) is 11.9. The number of nitrogens with one attached hydrogen (secondary N) is 3. The zero-order valence-electron chi connectivity index (χ0n) is 13.6. The number of carbonyl (C=O) groups is 2. The van der Waals surface area contributed by atoms with Crippen molar-refractivity contribution in [3.63, 3.8) is 0 Å². The number of hydrogen-bond donors (Lipinski definition) is 3. The van der Waals surface area contributed by atoms with Gasteiger partial charge in [0.15, 0.2) is 11.7 Å². The van der Waals surface area contributed by atoms with Crippen molar-refractivity contribution < 1.29 is 14.3 Å². The van der Waals surface area contributed by atoms with Crippen molar-refractivity contribution in [2.45, 2.75) is 6.92 Å². The lowest BCUT2D eigenvalue weighted by Gasteiger charge is -2.12. The molecule has 0 saturated carbocycles. The number of halogens is 2. The Hall–Kier alpha value is -2.16. The molecule has 9 heteroatoms. The van der Waals surface area contributed by atoms with Crippen molar-refractivity contribution >= 4 is 56.7 Å². The maximum atomic E-state index is 12.0. The molecule has 0 spiro atoms. The summed E-state index contributed by atoms with van der Waals surface area (Å²) in [6.45, 7) is 1.73. The molecule has 0 heterocycles. The van der Waals surface area contributed by atoms with Gasteiger partial charge in [-0.3, -0.25) is 25.8 Å². The van der Waals surface area contributed by atoms with Crippen LogP contribution in [0.5, 0.6) is 5.75 Å². The van der Waals surface area contributed by atoms with E-state index in [1.165, 1.54) is 6.07 Å². The molecule has 0 aliphatic carbocycles. The van der Waals surface area contributed by atoms with Gasteiger partial charge in [0.1, 0.15) is 5.75 Å². The molecule has 0 bridgehead atoms. The van der Waals surface area contributed by atoms with Gasteiger partial charge in [-0.1, -0.05) is 23.7 Å². The van der Waals surface area contributed by atoms with Gasteiger partial charge < -0.3 is 4.74 Å². The first-order chi connectivity index (χ1) is 12.3. The summed E-state index contributed by atoms with van der Waals surface area (Å²) in [4.78, 5) is 23.8. The summed E-state index contributed by atoms with van der Waals surface area (Å²) >= 11 is 14.1. The van der Waals surface area contributed by atoms with E-state index in [0.717, 1.165) is 10.0 Å². The fourth-order valence-electron chi connectivity index (χ4n) is 1.87. The zero-order valence-corrected chi connectivity index (χ0v) is 16.8. The fraction of sp³-hybridized carbons (Fsp3) is 0.118. The summed E-state index contributed by atoms with van der Waals surface area (Å²) in [6.07, 6.45) is 0. The quantitative estimate of drug-likeness (QED) is 0.487. The molecule has 2 aromatic carbocycles. The van der Waals surface area contributed by atoms with Gasteiger partial charge in [0.05, 0.1) is 4.47 Å². The van der Waals surface area contributed by atoms with Gasteiger partial charge >= 0.3 is 0 Å². The Morgan fingerprint density at radius 2 is 1.96 bits per heavy atom. The van der Waals surface area contributed by atoms with E-state index in [1.807, 2.05) is 19.1 Å². The predicted molar refractivity (Wildman–Crippen MR) is 107 cm³/mol. The number of hydrazine groups is 1. The van der Waals surface area contributed by atoms with E-state index in [0.29, 0.717) is 16.3 Å². The van der Waals surface area contributed by atoms with Gasteiger partial charge in [-0.25, -0.2) is 0 Å². The third kappa shape index (κ3) is 6.29. The Morgan fingerprint density at radius 1 is 1.19 bits per heavy atom. The minimum Gasteiger partial charge on any atom is -0.483 e. The second-order valence-corrected chi connectivity index (χ2v) is 6.89. The molecule has 0 aliphatic heterocycles. The number of thiocarbonyl (C=S) groups is 1.